The molecule has 28 heavy (non-hydrogen) atoms. The highest BCUT2D eigenvalue weighted by atomic mass is 19.4. The summed E-state index contributed by atoms with van der Waals surface area (Å²) in [4.78, 5) is 10.6. The van der Waals surface area contributed by atoms with E-state index in [1.54, 1.807) is 12.4 Å². The minimum atomic E-state index is -4.18. The smallest absolute Gasteiger partial charge is 0.389 e. The van der Waals surface area contributed by atoms with Gasteiger partial charge in [0.05, 0.1) is 29.9 Å². The van der Waals surface area contributed by atoms with E-state index < -0.39 is 12.6 Å². The van der Waals surface area contributed by atoms with Crippen molar-refractivity contribution in [2.45, 2.75) is 44.1 Å². The highest BCUT2D eigenvalue weighted by molar-refractivity contribution is 6.00. The molecular weight excluding hydrogens is 377 g/mol. The number of hydrogen-bond acceptors (Lipinski definition) is 6. The Labute approximate surface area is 158 Å². The number of imidazole rings is 1. The maximum Gasteiger partial charge on any atom is 0.389 e. The lowest BCUT2D eigenvalue weighted by Crippen LogP contribution is -2.33. The van der Waals surface area contributed by atoms with Gasteiger partial charge in [-0.1, -0.05) is 0 Å². The van der Waals surface area contributed by atoms with E-state index in [4.69, 9.17) is 0 Å². The predicted octanol–water partition coefficient (Wildman–Crippen LogP) is 1.75. The third-order valence-corrected chi connectivity index (χ3v) is 5.33. The van der Waals surface area contributed by atoms with Crippen molar-refractivity contribution < 1.29 is 23.4 Å². The lowest BCUT2D eigenvalue weighted by molar-refractivity contribution is -0.136. The van der Waals surface area contributed by atoms with E-state index in [2.05, 4.69) is 20.2 Å². The van der Waals surface area contributed by atoms with Gasteiger partial charge in [-0.05, 0) is 19.4 Å². The van der Waals surface area contributed by atoms with Gasteiger partial charge in [0.2, 0.25) is 0 Å². The van der Waals surface area contributed by atoms with Crippen LogP contribution in [0.4, 0.5) is 13.2 Å². The van der Waals surface area contributed by atoms with Crippen LogP contribution >= 0.6 is 0 Å². The number of rotatable bonds is 6. The first-order chi connectivity index (χ1) is 13.4. The Hall–Kier alpha value is -2.24. The average Bonchev–Trinajstić information content (AvgIpc) is 3.35. The number of aromatic amines is 1. The maximum atomic E-state index is 12.5. The zero-order chi connectivity index (χ0) is 19.9. The van der Waals surface area contributed by atoms with Gasteiger partial charge in [0.1, 0.15) is 17.9 Å². The third kappa shape index (κ3) is 3.45. The van der Waals surface area contributed by atoms with Crippen molar-refractivity contribution >= 4 is 22.1 Å². The highest BCUT2D eigenvalue weighted by Crippen LogP contribution is 2.34. The van der Waals surface area contributed by atoms with Crippen LogP contribution in [0.25, 0.3) is 22.1 Å². The molecule has 0 radical (unpaired) electrons. The fraction of sp³-hybridized carbons (Fsp3) is 0.588. The highest BCUT2D eigenvalue weighted by Gasteiger charge is 2.35. The summed E-state index contributed by atoms with van der Waals surface area (Å²) >= 11 is 0. The lowest BCUT2D eigenvalue weighted by Gasteiger charge is -2.22. The van der Waals surface area contributed by atoms with Crippen LogP contribution in [0.2, 0.25) is 0 Å². The second-order valence-corrected chi connectivity index (χ2v) is 7.12. The van der Waals surface area contributed by atoms with E-state index in [0.717, 1.165) is 10.9 Å². The molecule has 0 aromatic carbocycles. The average molecular weight is 398 g/mol. The number of aliphatic hydroxyl groups is 2. The van der Waals surface area contributed by atoms with E-state index in [-0.39, 0.29) is 38.3 Å². The molecule has 4 heterocycles. The first-order valence-electron chi connectivity index (χ1n) is 9.12. The molecule has 0 spiro atoms. The zero-order valence-electron chi connectivity index (χ0n) is 15.0. The van der Waals surface area contributed by atoms with Gasteiger partial charge in [0.25, 0.3) is 0 Å². The molecule has 152 valence electrons. The first kappa shape index (κ1) is 19.1. The molecule has 0 saturated carbocycles. The lowest BCUT2D eigenvalue weighted by atomic mass is 10.1. The van der Waals surface area contributed by atoms with Gasteiger partial charge in [0, 0.05) is 25.0 Å². The monoisotopic (exact) mass is 398 g/mol. The number of aromatic nitrogens is 5. The van der Waals surface area contributed by atoms with Crippen LogP contribution in [0, 0.1) is 0 Å². The van der Waals surface area contributed by atoms with Gasteiger partial charge >= 0.3 is 6.18 Å². The molecule has 3 aromatic heterocycles. The maximum absolute atomic E-state index is 12.5. The Kier molecular flexibility index (Phi) is 4.98. The molecule has 11 heteroatoms. The molecule has 0 amide bonds. The normalized spacial score (nSPS) is 21.3. The minimum absolute atomic E-state index is 0.0137. The molecular formula is C17H21F3N6O2. The van der Waals surface area contributed by atoms with E-state index in [0.29, 0.717) is 30.0 Å². The van der Waals surface area contributed by atoms with Crippen molar-refractivity contribution in [1.29, 1.82) is 0 Å². The zero-order valence-corrected chi connectivity index (χ0v) is 15.0. The Bertz CT molecular complexity index is 969. The Balaban J connectivity index is 1.65. The van der Waals surface area contributed by atoms with Crippen molar-refractivity contribution in [3.05, 3.63) is 18.2 Å². The molecule has 4 rings (SSSR count). The number of hydrogen-bond donors (Lipinski definition) is 3. The molecule has 1 aliphatic heterocycles. The number of likely N-dealkylation sites (tertiary alicyclic amines) is 1. The Morgan fingerprint density at radius 3 is 2.79 bits per heavy atom. The molecule has 1 fully saturated rings. The van der Waals surface area contributed by atoms with Gasteiger partial charge in [-0.2, -0.15) is 18.3 Å². The van der Waals surface area contributed by atoms with Crippen LogP contribution in [0.15, 0.2) is 12.4 Å². The van der Waals surface area contributed by atoms with Crippen molar-refractivity contribution in [1.82, 2.24) is 29.6 Å². The summed E-state index contributed by atoms with van der Waals surface area (Å²) in [5, 5.41) is 27.1. The minimum Gasteiger partial charge on any atom is -0.395 e. The van der Waals surface area contributed by atoms with Gasteiger partial charge in [-0.15, -0.1) is 0 Å². The molecule has 2 atom stereocenters. The van der Waals surface area contributed by atoms with Crippen LogP contribution in [0.1, 0.15) is 31.1 Å². The number of pyridine rings is 1. The number of nitrogens with zero attached hydrogens (tertiary/aromatic N) is 5. The fourth-order valence-corrected chi connectivity index (χ4v) is 4.13. The number of nitrogens with one attached hydrogen (secondary N) is 1. The summed E-state index contributed by atoms with van der Waals surface area (Å²) in [7, 11) is 0. The largest absolute Gasteiger partial charge is 0.395 e. The summed E-state index contributed by atoms with van der Waals surface area (Å²) in [6.07, 6.45) is -1.24. The van der Waals surface area contributed by atoms with Crippen LogP contribution in [-0.2, 0) is 6.61 Å². The van der Waals surface area contributed by atoms with Gasteiger partial charge in [-0.3, -0.25) is 10.00 Å². The molecule has 0 aliphatic carbocycles. The summed E-state index contributed by atoms with van der Waals surface area (Å²) in [6.45, 7) is 0.322. The van der Waals surface area contributed by atoms with Crippen LogP contribution in [0.5, 0.6) is 0 Å². The molecule has 3 aromatic rings. The van der Waals surface area contributed by atoms with Gasteiger partial charge in [0.15, 0.2) is 5.65 Å². The second kappa shape index (κ2) is 7.30. The molecule has 1 saturated heterocycles. The molecule has 0 bridgehead atoms. The van der Waals surface area contributed by atoms with Crippen molar-refractivity contribution in [3.8, 4) is 0 Å². The fourth-order valence-electron chi connectivity index (χ4n) is 4.13. The van der Waals surface area contributed by atoms with Crippen molar-refractivity contribution in [2.24, 2.45) is 0 Å². The van der Waals surface area contributed by atoms with E-state index in [9.17, 15) is 23.4 Å². The molecule has 3 N–H and O–H groups in total. The van der Waals surface area contributed by atoms with Crippen molar-refractivity contribution in [3.63, 3.8) is 0 Å². The number of fused-ring (bicyclic) bond motifs is 3. The van der Waals surface area contributed by atoms with E-state index in [1.165, 1.54) is 0 Å². The van der Waals surface area contributed by atoms with Gasteiger partial charge < -0.3 is 14.8 Å². The number of H-pyrrole nitrogens is 1. The Morgan fingerprint density at radius 2 is 2.07 bits per heavy atom. The number of aliphatic hydroxyl groups excluding tert-OH is 2. The van der Waals surface area contributed by atoms with E-state index in [1.807, 2.05) is 9.47 Å². The molecule has 1 aliphatic rings. The predicted molar refractivity (Wildman–Crippen MR) is 94.5 cm³/mol. The standard InChI is InChI=1S/C17H21F3N6O2/c18-17(19,20)2-1-3-25-7-10(4-11(25)8-27)26-14(9-28)23-13-6-21-16-12(15(13)26)5-22-24-16/h5-6,10-11,27-28H,1-4,7-9H2,(H,21,22,24)/t10?,11-/m1/s1. The molecule has 1 unspecified atom stereocenters. The quantitative estimate of drug-likeness (QED) is 0.585. The van der Waals surface area contributed by atoms with Crippen LogP contribution in [0.3, 0.4) is 0 Å². The SMILES string of the molecule is OCc1nc2cnc3[nH]ncc3c2n1C1C[C@H](CO)N(CCCC(F)(F)F)C1. The van der Waals surface area contributed by atoms with Crippen LogP contribution in [-0.4, -0.2) is 71.8 Å². The second-order valence-electron chi connectivity index (χ2n) is 7.12. The molecule has 8 nitrogen and oxygen atoms in total. The number of alkyl halides is 3. The summed E-state index contributed by atoms with van der Waals surface area (Å²) in [6, 6.07) is -0.361. The van der Waals surface area contributed by atoms with Crippen LogP contribution < -0.4 is 0 Å². The Morgan fingerprint density at radius 1 is 1.25 bits per heavy atom. The number of halogens is 3. The third-order valence-electron chi connectivity index (χ3n) is 5.33. The topological polar surface area (TPSA) is 103 Å². The first-order valence-corrected chi connectivity index (χ1v) is 9.12. The summed E-state index contributed by atoms with van der Waals surface area (Å²) in [5.74, 6) is 0.462. The summed E-state index contributed by atoms with van der Waals surface area (Å²) in [5.41, 5.74) is 1.99. The van der Waals surface area contributed by atoms with Gasteiger partial charge in [-0.25, -0.2) is 9.97 Å². The van der Waals surface area contributed by atoms with E-state index >= 15 is 0 Å². The van der Waals surface area contributed by atoms with Crippen molar-refractivity contribution in [2.75, 3.05) is 19.7 Å². The summed E-state index contributed by atoms with van der Waals surface area (Å²) < 4.78 is 39.3.